The Hall–Kier alpha value is -2.37. The van der Waals surface area contributed by atoms with E-state index in [4.69, 9.17) is 9.47 Å². The van der Waals surface area contributed by atoms with Crippen LogP contribution in [0.4, 0.5) is 5.69 Å². The van der Waals surface area contributed by atoms with E-state index in [0.29, 0.717) is 6.42 Å². The molecule has 0 fully saturated rings. The first kappa shape index (κ1) is 26.7. The van der Waals surface area contributed by atoms with Gasteiger partial charge in [-0.2, -0.15) is 0 Å². The molecule has 0 atom stereocenters. The third-order valence-corrected chi connectivity index (χ3v) is 5.15. The van der Waals surface area contributed by atoms with Crippen LogP contribution in [0.15, 0.2) is 18.2 Å². The Morgan fingerprint density at radius 3 is 2.06 bits per heavy atom. The highest BCUT2D eigenvalue weighted by molar-refractivity contribution is 5.95. The van der Waals surface area contributed by atoms with Crippen LogP contribution in [-0.4, -0.2) is 31.1 Å². The van der Waals surface area contributed by atoms with Gasteiger partial charge in [0.1, 0.15) is 0 Å². The molecule has 0 aromatic heterocycles. The van der Waals surface area contributed by atoms with E-state index >= 15 is 0 Å². The van der Waals surface area contributed by atoms with Gasteiger partial charge >= 0.3 is 11.9 Å². The molecule has 0 saturated carbocycles. The van der Waals surface area contributed by atoms with Crippen molar-refractivity contribution in [1.29, 1.82) is 0 Å². The molecule has 1 amide bonds. The van der Waals surface area contributed by atoms with Crippen molar-refractivity contribution in [3.63, 3.8) is 0 Å². The Morgan fingerprint density at radius 1 is 0.871 bits per heavy atom. The lowest BCUT2D eigenvalue weighted by Gasteiger charge is -2.16. The van der Waals surface area contributed by atoms with Gasteiger partial charge in [-0.25, -0.2) is 0 Å². The number of aryl methyl sites for hydroxylation is 2. The molecule has 1 N–H and O–H groups in total. The predicted molar refractivity (Wildman–Crippen MR) is 123 cm³/mol. The summed E-state index contributed by atoms with van der Waals surface area (Å²) < 4.78 is 10.1. The van der Waals surface area contributed by atoms with Crippen molar-refractivity contribution >= 4 is 23.5 Å². The first-order valence-corrected chi connectivity index (χ1v) is 11.7. The van der Waals surface area contributed by atoms with Gasteiger partial charge in [0.15, 0.2) is 5.92 Å². The summed E-state index contributed by atoms with van der Waals surface area (Å²) in [5.74, 6) is -2.25. The zero-order valence-electron chi connectivity index (χ0n) is 19.6. The molecule has 0 radical (unpaired) electrons. The Bertz CT molecular complexity index is 683. The number of benzene rings is 1. The standard InChI is InChI=1S/C25H39NO5/c1-5-8-9-10-11-12-13-20-14-15-21(23(18-20)26-19(4)27)16-17-22(24(28)30-6-2)25(29)31-7-3/h14-15,18,22H,5-13,16-17H2,1-4H3,(H,26,27). The van der Waals surface area contributed by atoms with Crippen molar-refractivity contribution in [3.8, 4) is 0 Å². The highest BCUT2D eigenvalue weighted by atomic mass is 16.6. The second-order valence-corrected chi connectivity index (χ2v) is 7.79. The minimum Gasteiger partial charge on any atom is -0.465 e. The predicted octanol–water partition coefficient (Wildman–Crippen LogP) is 5.22. The number of amides is 1. The van der Waals surface area contributed by atoms with E-state index in [1.54, 1.807) is 13.8 Å². The van der Waals surface area contributed by atoms with E-state index in [1.807, 2.05) is 12.1 Å². The van der Waals surface area contributed by atoms with Gasteiger partial charge in [-0.3, -0.25) is 14.4 Å². The van der Waals surface area contributed by atoms with Crippen LogP contribution in [0.2, 0.25) is 0 Å². The van der Waals surface area contributed by atoms with Crippen molar-refractivity contribution in [1.82, 2.24) is 0 Å². The lowest BCUT2D eigenvalue weighted by molar-refractivity contribution is -0.161. The van der Waals surface area contributed by atoms with Gasteiger partial charge in [0.05, 0.1) is 13.2 Å². The van der Waals surface area contributed by atoms with Crippen LogP contribution in [0.25, 0.3) is 0 Å². The smallest absolute Gasteiger partial charge is 0.320 e. The van der Waals surface area contributed by atoms with Gasteiger partial charge in [0.25, 0.3) is 0 Å². The number of rotatable bonds is 15. The second kappa shape index (κ2) is 15.4. The Balaban J connectivity index is 2.82. The third kappa shape index (κ3) is 10.5. The van der Waals surface area contributed by atoms with E-state index in [2.05, 4.69) is 18.3 Å². The van der Waals surface area contributed by atoms with E-state index in [-0.39, 0.29) is 25.5 Å². The average molecular weight is 434 g/mol. The fraction of sp³-hybridized carbons (Fsp3) is 0.640. The lowest BCUT2D eigenvalue weighted by Crippen LogP contribution is -2.28. The number of carbonyl (C=O) groups is 3. The topological polar surface area (TPSA) is 81.7 Å². The van der Waals surface area contributed by atoms with Crippen LogP contribution in [0.1, 0.15) is 83.8 Å². The highest BCUT2D eigenvalue weighted by Crippen LogP contribution is 2.23. The zero-order valence-corrected chi connectivity index (χ0v) is 19.6. The van der Waals surface area contributed by atoms with Gasteiger partial charge < -0.3 is 14.8 Å². The summed E-state index contributed by atoms with van der Waals surface area (Å²) in [5.41, 5.74) is 2.80. The van der Waals surface area contributed by atoms with Crippen molar-refractivity contribution in [2.75, 3.05) is 18.5 Å². The number of esters is 2. The van der Waals surface area contributed by atoms with Gasteiger partial charge in [-0.05, 0) is 56.7 Å². The van der Waals surface area contributed by atoms with Crippen LogP contribution in [0.3, 0.4) is 0 Å². The Kier molecular flexibility index (Phi) is 13.3. The minimum atomic E-state index is -0.965. The van der Waals surface area contributed by atoms with Crippen molar-refractivity contribution < 1.29 is 23.9 Å². The second-order valence-electron chi connectivity index (χ2n) is 7.79. The molecule has 1 rings (SSSR count). The molecule has 174 valence electrons. The maximum Gasteiger partial charge on any atom is 0.320 e. The molecular formula is C25H39NO5. The molecule has 0 heterocycles. The molecule has 1 aromatic rings. The number of nitrogens with one attached hydrogen (secondary N) is 1. The number of unbranched alkanes of at least 4 members (excludes halogenated alkanes) is 5. The summed E-state index contributed by atoms with van der Waals surface area (Å²) in [7, 11) is 0. The zero-order chi connectivity index (χ0) is 23.1. The van der Waals surface area contributed by atoms with E-state index in [0.717, 1.165) is 24.1 Å². The number of hydrogen-bond acceptors (Lipinski definition) is 5. The molecule has 0 unspecified atom stereocenters. The van der Waals surface area contributed by atoms with E-state index in [9.17, 15) is 14.4 Å². The molecular weight excluding hydrogens is 394 g/mol. The van der Waals surface area contributed by atoms with E-state index in [1.165, 1.54) is 44.6 Å². The van der Waals surface area contributed by atoms with Crippen LogP contribution < -0.4 is 5.32 Å². The average Bonchev–Trinajstić information content (AvgIpc) is 2.72. The van der Waals surface area contributed by atoms with Crippen molar-refractivity contribution in [3.05, 3.63) is 29.3 Å². The summed E-state index contributed by atoms with van der Waals surface area (Å²) >= 11 is 0. The molecule has 0 bridgehead atoms. The van der Waals surface area contributed by atoms with Gasteiger partial charge in [-0.1, -0.05) is 51.2 Å². The fourth-order valence-corrected chi connectivity index (χ4v) is 3.53. The summed E-state index contributed by atoms with van der Waals surface area (Å²) in [5, 5.41) is 2.89. The molecule has 6 heteroatoms. The Morgan fingerprint density at radius 2 is 1.48 bits per heavy atom. The summed E-state index contributed by atoms with van der Waals surface area (Å²) in [6.45, 7) is 7.52. The summed E-state index contributed by atoms with van der Waals surface area (Å²) in [6.07, 6.45) is 9.09. The molecule has 0 spiro atoms. The highest BCUT2D eigenvalue weighted by Gasteiger charge is 2.29. The minimum absolute atomic E-state index is 0.148. The molecule has 1 aromatic carbocycles. The monoisotopic (exact) mass is 433 g/mol. The third-order valence-electron chi connectivity index (χ3n) is 5.15. The summed E-state index contributed by atoms with van der Waals surface area (Å²) in [4.78, 5) is 36.1. The van der Waals surface area contributed by atoms with E-state index < -0.39 is 17.9 Å². The maximum absolute atomic E-state index is 12.2. The lowest BCUT2D eigenvalue weighted by atomic mass is 9.96. The first-order valence-electron chi connectivity index (χ1n) is 11.7. The van der Waals surface area contributed by atoms with Crippen molar-refractivity contribution in [2.24, 2.45) is 5.92 Å². The number of carbonyl (C=O) groups excluding carboxylic acids is 3. The van der Waals surface area contributed by atoms with Crippen LogP contribution in [-0.2, 0) is 36.7 Å². The molecule has 0 aliphatic carbocycles. The van der Waals surface area contributed by atoms with Gasteiger partial charge in [0.2, 0.25) is 5.91 Å². The van der Waals surface area contributed by atoms with Crippen LogP contribution >= 0.6 is 0 Å². The van der Waals surface area contributed by atoms with Gasteiger partial charge in [0, 0.05) is 12.6 Å². The first-order chi connectivity index (χ1) is 14.9. The molecule has 0 saturated heterocycles. The largest absolute Gasteiger partial charge is 0.465 e. The van der Waals surface area contributed by atoms with Crippen LogP contribution in [0, 0.1) is 5.92 Å². The quantitative estimate of drug-likeness (QED) is 0.233. The normalized spacial score (nSPS) is 10.7. The molecule has 6 nitrogen and oxygen atoms in total. The number of hydrogen-bond donors (Lipinski definition) is 1. The van der Waals surface area contributed by atoms with Gasteiger partial charge in [-0.15, -0.1) is 0 Å². The van der Waals surface area contributed by atoms with Crippen molar-refractivity contribution in [2.45, 2.75) is 85.5 Å². The summed E-state index contributed by atoms with van der Waals surface area (Å²) in [6, 6.07) is 6.05. The van der Waals surface area contributed by atoms with Crippen LogP contribution in [0.5, 0.6) is 0 Å². The number of ether oxygens (including phenoxy) is 2. The molecule has 0 aliphatic rings. The molecule has 31 heavy (non-hydrogen) atoms. The fourth-order valence-electron chi connectivity index (χ4n) is 3.53. The maximum atomic E-state index is 12.2. The number of anilines is 1. The molecule has 0 aliphatic heterocycles. The Labute approximate surface area is 187 Å². The SMILES string of the molecule is CCCCCCCCc1ccc(CCC(C(=O)OCC)C(=O)OCC)c(NC(C)=O)c1.